The van der Waals surface area contributed by atoms with Gasteiger partial charge in [0.1, 0.15) is 0 Å². The number of nitrogens with one attached hydrogen (secondary N) is 1. The Hall–Kier alpha value is -2.30. The molecular formula is C25H29F10N. The third-order valence-corrected chi connectivity index (χ3v) is 5.33. The van der Waals surface area contributed by atoms with E-state index >= 15 is 0 Å². The van der Waals surface area contributed by atoms with Gasteiger partial charge in [-0.15, -0.1) is 0 Å². The predicted molar refractivity (Wildman–Crippen MR) is 117 cm³/mol. The Morgan fingerprint density at radius 2 is 0.639 bits per heavy atom. The van der Waals surface area contributed by atoms with Crippen LogP contribution in [0.5, 0.6) is 0 Å². The molecule has 0 unspecified atom stereocenters. The average molecular weight is 533 g/mol. The standard InChI is InChI=1S/C13H29N.C12F10/c1-3-5-7-8-9-10-11-13-14-12-6-4-2;13-3-1(4(14)8(18)11(21)7(3)17)2-5(15)9(19)12(22)10(20)6(2)16/h14H,3-13H2,1-2H3;. The first-order valence-corrected chi connectivity index (χ1v) is 11.8. The molecule has 11 heteroatoms. The maximum atomic E-state index is 13.4. The molecule has 2 aromatic carbocycles. The van der Waals surface area contributed by atoms with Crippen LogP contribution in [0.25, 0.3) is 11.1 Å². The van der Waals surface area contributed by atoms with Gasteiger partial charge in [0.15, 0.2) is 46.5 Å². The molecule has 0 aliphatic heterocycles. The first-order valence-electron chi connectivity index (χ1n) is 11.8. The summed E-state index contributed by atoms with van der Waals surface area (Å²) in [7, 11) is 0. The minimum Gasteiger partial charge on any atom is -0.317 e. The van der Waals surface area contributed by atoms with Crippen LogP contribution in [0, 0.1) is 58.2 Å². The normalized spacial score (nSPS) is 11.0. The van der Waals surface area contributed by atoms with Crippen LogP contribution in [-0.4, -0.2) is 13.1 Å². The van der Waals surface area contributed by atoms with Gasteiger partial charge in [-0.2, -0.15) is 0 Å². The van der Waals surface area contributed by atoms with E-state index in [9.17, 15) is 43.9 Å². The van der Waals surface area contributed by atoms with Crippen molar-refractivity contribution in [3.05, 3.63) is 58.2 Å². The van der Waals surface area contributed by atoms with Gasteiger partial charge < -0.3 is 5.32 Å². The first kappa shape index (κ1) is 31.7. The molecular weight excluding hydrogens is 504 g/mol. The number of halogens is 10. The lowest BCUT2D eigenvalue weighted by molar-refractivity contribution is 0.370. The van der Waals surface area contributed by atoms with Crippen LogP contribution < -0.4 is 5.32 Å². The van der Waals surface area contributed by atoms with Gasteiger partial charge in [-0.25, -0.2) is 43.9 Å². The minimum absolute atomic E-state index is 1.21. The maximum Gasteiger partial charge on any atom is 0.200 e. The summed E-state index contributed by atoms with van der Waals surface area (Å²) in [5.74, 6) is -26.6. The highest BCUT2D eigenvalue weighted by Gasteiger charge is 2.34. The molecule has 0 fully saturated rings. The molecule has 0 atom stereocenters. The Balaban J connectivity index is 0.000000402. The summed E-state index contributed by atoms with van der Waals surface area (Å²) in [6.45, 7) is 6.97. The number of unbranched alkanes of at least 4 members (excludes halogenated alkanes) is 7. The fourth-order valence-corrected chi connectivity index (χ4v) is 3.28. The van der Waals surface area contributed by atoms with Gasteiger partial charge in [-0.3, -0.25) is 0 Å². The Kier molecular flexibility index (Phi) is 13.9. The molecule has 204 valence electrons. The van der Waals surface area contributed by atoms with Crippen molar-refractivity contribution in [2.45, 2.75) is 71.6 Å². The highest BCUT2D eigenvalue weighted by atomic mass is 19.2. The minimum atomic E-state index is -2.68. The molecule has 0 heterocycles. The van der Waals surface area contributed by atoms with Crippen LogP contribution in [0.1, 0.15) is 71.6 Å². The van der Waals surface area contributed by atoms with E-state index in [4.69, 9.17) is 0 Å². The fourth-order valence-electron chi connectivity index (χ4n) is 3.28. The molecule has 0 aliphatic rings. The largest absolute Gasteiger partial charge is 0.317 e. The van der Waals surface area contributed by atoms with E-state index in [2.05, 4.69) is 19.2 Å². The molecule has 0 aromatic heterocycles. The van der Waals surface area contributed by atoms with E-state index in [0.29, 0.717) is 0 Å². The fraction of sp³-hybridized carbons (Fsp3) is 0.520. The van der Waals surface area contributed by atoms with E-state index in [-0.39, 0.29) is 0 Å². The van der Waals surface area contributed by atoms with Gasteiger partial charge in [0.2, 0.25) is 11.6 Å². The van der Waals surface area contributed by atoms with Crippen molar-refractivity contribution < 1.29 is 43.9 Å². The molecule has 0 amide bonds. The van der Waals surface area contributed by atoms with Crippen molar-refractivity contribution in [2.75, 3.05) is 13.1 Å². The number of hydrogen-bond donors (Lipinski definition) is 1. The molecule has 0 spiro atoms. The zero-order valence-corrected chi connectivity index (χ0v) is 20.1. The molecule has 0 aliphatic carbocycles. The van der Waals surface area contributed by atoms with Crippen molar-refractivity contribution in [1.29, 1.82) is 0 Å². The highest BCUT2D eigenvalue weighted by Crippen LogP contribution is 2.37. The second kappa shape index (κ2) is 15.7. The maximum absolute atomic E-state index is 13.4. The second-order valence-corrected chi connectivity index (χ2v) is 8.11. The Morgan fingerprint density at radius 3 is 1.00 bits per heavy atom. The molecule has 2 aromatic rings. The number of rotatable bonds is 12. The molecule has 0 radical (unpaired) electrons. The van der Waals surface area contributed by atoms with Gasteiger partial charge in [0, 0.05) is 0 Å². The van der Waals surface area contributed by atoms with E-state index in [1.165, 1.54) is 70.9 Å². The molecule has 0 bridgehead atoms. The van der Waals surface area contributed by atoms with Gasteiger partial charge in [0.05, 0.1) is 11.1 Å². The SMILES string of the molecule is CCCCCCCCCNCCCC.Fc1c(F)c(F)c(-c2c(F)c(F)c(F)c(F)c2F)c(F)c1F. The number of hydrogen-bond acceptors (Lipinski definition) is 1. The Bertz CT molecular complexity index is 856. The summed E-state index contributed by atoms with van der Waals surface area (Å²) in [5, 5.41) is 3.49. The van der Waals surface area contributed by atoms with E-state index in [0.717, 1.165) is 0 Å². The summed E-state index contributed by atoms with van der Waals surface area (Å²) >= 11 is 0. The van der Waals surface area contributed by atoms with Crippen molar-refractivity contribution in [2.24, 2.45) is 0 Å². The van der Waals surface area contributed by atoms with E-state index in [1.54, 1.807) is 0 Å². The lowest BCUT2D eigenvalue weighted by atomic mass is 10.0. The van der Waals surface area contributed by atoms with Crippen LogP contribution in [0.3, 0.4) is 0 Å². The molecule has 36 heavy (non-hydrogen) atoms. The third-order valence-electron chi connectivity index (χ3n) is 5.33. The topological polar surface area (TPSA) is 12.0 Å². The molecule has 2 rings (SSSR count). The third kappa shape index (κ3) is 8.11. The molecule has 1 nitrogen and oxygen atoms in total. The highest BCUT2D eigenvalue weighted by molar-refractivity contribution is 5.67. The smallest absolute Gasteiger partial charge is 0.200 e. The monoisotopic (exact) mass is 533 g/mol. The predicted octanol–water partition coefficient (Wildman–Crippen LogP) is 8.87. The van der Waals surface area contributed by atoms with Crippen LogP contribution in [0.15, 0.2) is 0 Å². The van der Waals surface area contributed by atoms with Crippen molar-refractivity contribution in [1.82, 2.24) is 5.32 Å². The summed E-state index contributed by atoms with van der Waals surface area (Å²) in [6, 6.07) is 0. The molecule has 1 N–H and O–H groups in total. The van der Waals surface area contributed by atoms with Crippen molar-refractivity contribution in [3.63, 3.8) is 0 Å². The number of benzene rings is 2. The van der Waals surface area contributed by atoms with E-state index < -0.39 is 69.3 Å². The zero-order chi connectivity index (χ0) is 27.4. The summed E-state index contributed by atoms with van der Waals surface area (Å²) < 4.78 is 131. The Labute approximate surface area is 203 Å². The Morgan fingerprint density at radius 1 is 0.361 bits per heavy atom. The van der Waals surface area contributed by atoms with Crippen molar-refractivity contribution in [3.8, 4) is 11.1 Å². The first-order chi connectivity index (χ1) is 17.0. The lowest BCUT2D eigenvalue weighted by Gasteiger charge is -2.11. The van der Waals surface area contributed by atoms with Gasteiger partial charge in [0.25, 0.3) is 0 Å². The van der Waals surface area contributed by atoms with Crippen LogP contribution in [0.2, 0.25) is 0 Å². The van der Waals surface area contributed by atoms with Gasteiger partial charge in [-0.05, 0) is 25.9 Å². The van der Waals surface area contributed by atoms with E-state index in [1.807, 2.05) is 0 Å². The average Bonchev–Trinajstić information content (AvgIpc) is 2.87. The summed E-state index contributed by atoms with van der Waals surface area (Å²) in [5.41, 5.74) is -4.52. The molecule has 0 saturated heterocycles. The second-order valence-electron chi connectivity index (χ2n) is 8.11. The summed E-state index contributed by atoms with van der Waals surface area (Å²) in [6.07, 6.45) is 12.5. The van der Waals surface area contributed by atoms with Crippen LogP contribution >= 0.6 is 0 Å². The lowest BCUT2D eigenvalue weighted by Crippen LogP contribution is -2.16. The van der Waals surface area contributed by atoms with Gasteiger partial charge >= 0.3 is 0 Å². The zero-order valence-electron chi connectivity index (χ0n) is 20.1. The van der Waals surface area contributed by atoms with Crippen LogP contribution in [-0.2, 0) is 0 Å². The quantitative estimate of drug-likeness (QED) is 0.124. The van der Waals surface area contributed by atoms with Crippen LogP contribution in [0.4, 0.5) is 43.9 Å². The van der Waals surface area contributed by atoms with Gasteiger partial charge in [-0.1, -0.05) is 58.8 Å². The molecule has 0 saturated carbocycles. The summed E-state index contributed by atoms with van der Waals surface area (Å²) in [4.78, 5) is 0. The van der Waals surface area contributed by atoms with Crippen molar-refractivity contribution >= 4 is 0 Å².